The fraction of sp³-hybridized carbons (Fsp3) is 0.0909. The van der Waals surface area contributed by atoms with Crippen molar-refractivity contribution in [2.75, 3.05) is 5.32 Å². The molecule has 0 fully saturated rings. The molecule has 0 unspecified atom stereocenters. The number of hydrogen-bond acceptors (Lipinski definition) is 3. The second kappa shape index (κ2) is 4.89. The zero-order valence-electron chi connectivity index (χ0n) is 8.02. The van der Waals surface area contributed by atoms with E-state index in [1.165, 1.54) is 0 Å². The van der Waals surface area contributed by atoms with Crippen LogP contribution in [0.2, 0.25) is 0 Å². The minimum absolute atomic E-state index is 0.690. The van der Waals surface area contributed by atoms with E-state index in [4.69, 9.17) is 0 Å². The van der Waals surface area contributed by atoms with Gasteiger partial charge in [0, 0.05) is 22.6 Å². The van der Waals surface area contributed by atoms with E-state index in [2.05, 4.69) is 31.2 Å². The molecule has 1 N–H and O–H groups in total. The maximum atomic E-state index is 4.18. The minimum atomic E-state index is 0.690. The van der Waals surface area contributed by atoms with Gasteiger partial charge in [0.1, 0.15) is 0 Å². The number of nitrogens with one attached hydrogen (secondary N) is 1. The third kappa shape index (κ3) is 3.02. The molecule has 0 aliphatic heterocycles. The molecule has 0 aliphatic carbocycles. The zero-order chi connectivity index (χ0) is 10.5. The molecule has 15 heavy (non-hydrogen) atoms. The summed E-state index contributed by atoms with van der Waals surface area (Å²) < 4.78 is 1.08. The summed E-state index contributed by atoms with van der Waals surface area (Å²) in [5.41, 5.74) is 2.00. The van der Waals surface area contributed by atoms with Crippen LogP contribution in [0.3, 0.4) is 0 Å². The second-order valence-corrected chi connectivity index (χ2v) is 3.97. The minimum Gasteiger partial charge on any atom is -0.379 e. The van der Waals surface area contributed by atoms with E-state index in [0.29, 0.717) is 6.54 Å². The third-order valence-corrected chi connectivity index (χ3v) is 2.46. The maximum absolute atomic E-state index is 4.18. The predicted molar refractivity (Wildman–Crippen MR) is 63.5 cm³/mol. The second-order valence-electron chi connectivity index (χ2n) is 3.06. The first-order valence-corrected chi connectivity index (χ1v) is 5.38. The van der Waals surface area contributed by atoms with E-state index in [9.17, 15) is 0 Å². The number of aromatic nitrogens is 2. The molecule has 0 saturated carbocycles. The number of nitrogens with zero attached hydrogens (tertiary/aromatic N) is 2. The van der Waals surface area contributed by atoms with Crippen LogP contribution >= 0.6 is 15.9 Å². The topological polar surface area (TPSA) is 37.8 Å². The summed E-state index contributed by atoms with van der Waals surface area (Å²) in [5, 5.41) is 3.26. The van der Waals surface area contributed by atoms with E-state index >= 15 is 0 Å². The van der Waals surface area contributed by atoms with Crippen molar-refractivity contribution >= 4 is 21.6 Å². The van der Waals surface area contributed by atoms with Crippen LogP contribution in [0, 0.1) is 0 Å². The Morgan fingerprint density at radius 2 is 1.93 bits per heavy atom. The molecule has 0 radical (unpaired) electrons. The molecular formula is C11H10BrN3. The fourth-order valence-electron chi connectivity index (χ4n) is 1.18. The molecule has 1 heterocycles. The summed E-state index contributed by atoms with van der Waals surface area (Å²) in [7, 11) is 0. The Labute approximate surface area is 96.7 Å². The average molecular weight is 264 g/mol. The molecule has 0 bridgehead atoms. The van der Waals surface area contributed by atoms with Crippen LogP contribution in [0.4, 0.5) is 5.69 Å². The summed E-state index contributed by atoms with van der Waals surface area (Å²) in [6, 6.07) is 8.03. The van der Waals surface area contributed by atoms with Gasteiger partial charge in [-0.1, -0.05) is 15.9 Å². The molecule has 2 rings (SSSR count). The first-order chi connectivity index (χ1) is 7.34. The van der Waals surface area contributed by atoms with E-state index in [1.807, 2.05) is 24.3 Å². The van der Waals surface area contributed by atoms with Crippen LogP contribution in [-0.2, 0) is 6.54 Å². The lowest BCUT2D eigenvalue weighted by Gasteiger charge is -2.04. The molecule has 2 aromatic rings. The summed E-state index contributed by atoms with van der Waals surface area (Å²) in [5.74, 6) is 0. The number of halogens is 1. The van der Waals surface area contributed by atoms with Crippen LogP contribution in [0.15, 0.2) is 47.3 Å². The standard InChI is InChI=1S/C11H10BrN3/c12-9-1-3-10(4-2-9)15-8-11-7-13-5-6-14-11/h1-7,15H,8H2. The molecule has 76 valence electrons. The highest BCUT2D eigenvalue weighted by Crippen LogP contribution is 2.14. The van der Waals surface area contributed by atoms with E-state index in [0.717, 1.165) is 15.9 Å². The Balaban J connectivity index is 1.96. The average Bonchev–Trinajstić information content (AvgIpc) is 2.30. The normalized spacial score (nSPS) is 9.93. The van der Waals surface area contributed by atoms with Crippen molar-refractivity contribution in [3.8, 4) is 0 Å². The number of anilines is 1. The SMILES string of the molecule is Brc1ccc(NCc2cnccn2)cc1. The van der Waals surface area contributed by atoms with E-state index in [1.54, 1.807) is 18.6 Å². The monoisotopic (exact) mass is 263 g/mol. The van der Waals surface area contributed by atoms with Crippen molar-refractivity contribution < 1.29 is 0 Å². The molecule has 0 aliphatic rings. The van der Waals surface area contributed by atoms with Gasteiger partial charge in [0.05, 0.1) is 18.4 Å². The van der Waals surface area contributed by atoms with Crippen molar-refractivity contribution in [1.82, 2.24) is 9.97 Å². The Bertz CT molecular complexity index is 414. The largest absolute Gasteiger partial charge is 0.379 e. The van der Waals surface area contributed by atoms with Gasteiger partial charge < -0.3 is 5.32 Å². The summed E-state index contributed by atoms with van der Waals surface area (Å²) in [4.78, 5) is 8.18. The lowest BCUT2D eigenvalue weighted by molar-refractivity contribution is 1.01. The molecule has 0 saturated heterocycles. The highest BCUT2D eigenvalue weighted by Gasteiger charge is 1.94. The lowest BCUT2D eigenvalue weighted by atomic mass is 10.3. The molecule has 1 aromatic carbocycles. The van der Waals surface area contributed by atoms with Crippen LogP contribution < -0.4 is 5.32 Å². The Kier molecular flexibility index (Phi) is 3.29. The van der Waals surface area contributed by atoms with Gasteiger partial charge in [-0.3, -0.25) is 9.97 Å². The Morgan fingerprint density at radius 3 is 2.60 bits per heavy atom. The van der Waals surface area contributed by atoms with Gasteiger partial charge in [-0.25, -0.2) is 0 Å². The van der Waals surface area contributed by atoms with Gasteiger partial charge >= 0.3 is 0 Å². The van der Waals surface area contributed by atoms with Gasteiger partial charge in [-0.2, -0.15) is 0 Å². The highest BCUT2D eigenvalue weighted by atomic mass is 79.9. The van der Waals surface area contributed by atoms with Crippen molar-refractivity contribution in [2.45, 2.75) is 6.54 Å². The third-order valence-electron chi connectivity index (χ3n) is 1.93. The smallest absolute Gasteiger partial charge is 0.0777 e. The van der Waals surface area contributed by atoms with Crippen LogP contribution in [0.5, 0.6) is 0 Å². The number of rotatable bonds is 3. The molecule has 4 heteroatoms. The molecule has 0 atom stereocenters. The van der Waals surface area contributed by atoms with Crippen molar-refractivity contribution in [3.63, 3.8) is 0 Å². The van der Waals surface area contributed by atoms with Crippen LogP contribution in [0.1, 0.15) is 5.69 Å². The maximum Gasteiger partial charge on any atom is 0.0777 e. The van der Waals surface area contributed by atoms with Gasteiger partial charge in [-0.15, -0.1) is 0 Å². The van der Waals surface area contributed by atoms with E-state index < -0.39 is 0 Å². The van der Waals surface area contributed by atoms with Gasteiger partial charge in [0.15, 0.2) is 0 Å². The van der Waals surface area contributed by atoms with E-state index in [-0.39, 0.29) is 0 Å². The number of hydrogen-bond donors (Lipinski definition) is 1. The summed E-state index contributed by atoms with van der Waals surface area (Å²) in [6.07, 6.45) is 5.12. The Hall–Kier alpha value is -1.42. The summed E-state index contributed by atoms with van der Waals surface area (Å²) in [6.45, 7) is 0.690. The predicted octanol–water partition coefficient (Wildman–Crippen LogP) is 2.85. The lowest BCUT2D eigenvalue weighted by Crippen LogP contribution is -2.01. The molecular weight excluding hydrogens is 254 g/mol. The van der Waals surface area contributed by atoms with Crippen molar-refractivity contribution in [2.24, 2.45) is 0 Å². The highest BCUT2D eigenvalue weighted by molar-refractivity contribution is 9.10. The zero-order valence-corrected chi connectivity index (χ0v) is 9.61. The first-order valence-electron chi connectivity index (χ1n) is 4.59. The van der Waals surface area contributed by atoms with Gasteiger partial charge in [0.2, 0.25) is 0 Å². The first kappa shape index (κ1) is 10.1. The van der Waals surface area contributed by atoms with Crippen molar-refractivity contribution in [3.05, 3.63) is 53.0 Å². The molecule has 0 spiro atoms. The quantitative estimate of drug-likeness (QED) is 0.926. The van der Waals surface area contributed by atoms with Gasteiger partial charge in [-0.05, 0) is 24.3 Å². The number of benzene rings is 1. The Morgan fingerprint density at radius 1 is 1.13 bits per heavy atom. The summed E-state index contributed by atoms with van der Waals surface area (Å²) >= 11 is 3.39. The van der Waals surface area contributed by atoms with Crippen LogP contribution in [-0.4, -0.2) is 9.97 Å². The fourth-order valence-corrected chi connectivity index (χ4v) is 1.45. The van der Waals surface area contributed by atoms with Crippen molar-refractivity contribution in [1.29, 1.82) is 0 Å². The molecule has 0 amide bonds. The molecule has 1 aromatic heterocycles. The van der Waals surface area contributed by atoms with Crippen LogP contribution in [0.25, 0.3) is 0 Å². The molecule has 3 nitrogen and oxygen atoms in total. The van der Waals surface area contributed by atoms with Gasteiger partial charge in [0.25, 0.3) is 0 Å².